The number of amides is 3. The van der Waals surface area contributed by atoms with E-state index in [9.17, 15) is 44.1 Å². The van der Waals surface area contributed by atoms with E-state index in [2.05, 4.69) is 16.0 Å². The average Bonchev–Trinajstić information content (AvgIpc) is 3.11. The number of ether oxygens (including phenoxy) is 2. The van der Waals surface area contributed by atoms with E-state index in [0.717, 1.165) is 37.4 Å². The topological polar surface area (TPSA) is 235 Å². The number of rotatable bonds is 10. The molecule has 2 fully saturated rings. The van der Waals surface area contributed by atoms with E-state index in [1.54, 1.807) is 17.6 Å². The number of methoxy groups -OCH3 is 1. The SMILES string of the molecule is CCn1cc(C(=O)NC2=C(C(=O)[O-])N3C(=O)C(NC(=O)C(C(=O)[O-])c4ccc(O)cc4)(OC)[C@H]3OC2)c(=O)c2cc(F)c(N3CCNCC3)cc21.[Na+].[Na+]. The normalized spacial score (nSPS) is 20.0. The number of anilines is 1. The fraction of sp³-hybridized carbons (Fsp3) is 0.333. The van der Waals surface area contributed by atoms with E-state index < -0.39 is 82.3 Å². The number of carboxylic acids is 2. The van der Waals surface area contributed by atoms with E-state index in [-0.39, 0.29) is 82.4 Å². The Hall–Kier alpha value is -3.85. The number of fused-ring (bicyclic) bond motifs is 2. The Morgan fingerprint density at radius 2 is 1.77 bits per heavy atom. The predicted octanol–water partition coefficient (Wildman–Crippen LogP) is -8.83. The average molecular weight is 753 g/mol. The van der Waals surface area contributed by atoms with E-state index in [4.69, 9.17) is 9.47 Å². The molecule has 17 nitrogen and oxygen atoms in total. The zero-order valence-electron chi connectivity index (χ0n) is 29.2. The Bertz CT molecular complexity index is 2070. The number of carbonyl (C=O) groups excluding carboxylic acids is 5. The summed E-state index contributed by atoms with van der Waals surface area (Å²) in [4.78, 5) is 80.4. The molecule has 268 valence electrons. The molecule has 2 unspecified atom stereocenters. The Morgan fingerprint density at radius 1 is 1.11 bits per heavy atom. The van der Waals surface area contributed by atoms with E-state index in [1.165, 1.54) is 6.20 Å². The predicted molar refractivity (Wildman–Crippen MR) is 169 cm³/mol. The number of hydrogen-bond acceptors (Lipinski definition) is 13. The van der Waals surface area contributed by atoms with Gasteiger partial charge in [-0.1, -0.05) is 12.1 Å². The summed E-state index contributed by atoms with van der Waals surface area (Å²) in [5.74, 6) is -10.2. The van der Waals surface area contributed by atoms with Crippen molar-refractivity contribution in [2.24, 2.45) is 0 Å². The van der Waals surface area contributed by atoms with Gasteiger partial charge in [-0.15, -0.1) is 0 Å². The van der Waals surface area contributed by atoms with E-state index in [1.807, 2.05) is 4.90 Å². The van der Waals surface area contributed by atoms with Gasteiger partial charge in [0.2, 0.25) is 11.3 Å². The number of nitrogens with one attached hydrogen (secondary N) is 3. The summed E-state index contributed by atoms with van der Waals surface area (Å²) >= 11 is 0. The molecule has 3 aliphatic heterocycles. The number of hydrogen-bond donors (Lipinski definition) is 4. The number of pyridine rings is 1. The second kappa shape index (κ2) is 16.7. The number of aryl methyl sites for hydroxylation is 1. The first-order valence-corrected chi connectivity index (χ1v) is 15.7. The number of aromatic hydroxyl groups is 1. The van der Waals surface area contributed by atoms with Crippen molar-refractivity contribution in [2.75, 3.05) is 44.8 Å². The van der Waals surface area contributed by atoms with Crippen LogP contribution < -0.4 is 95.6 Å². The maximum absolute atomic E-state index is 15.3. The number of aliphatic carboxylic acids is 2. The van der Waals surface area contributed by atoms with Crippen LogP contribution in [-0.2, 0) is 35.2 Å². The third kappa shape index (κ3) is 7.47. The first-order valence-electron chi connectivity index (χ1n) is 15.7. The molecule has 0 spiro atoms. The molecule has 3 atom stereocenters. The summed E-state index contributed by atoms with van der Waals surface area (Å²) in [7, 11) is 0.987. The number of piperazine rings is 1. The smallest absolute Gasteiger partial charge is 0.549 e. The van der Waals surface area contributed by atoms with E-state index >= 15 is 4.39 Å². The van der Waals surface area contributed by atoms with Crippen LogP contribution in [0.15, 0.2) is 58.8 Å². The summed E-state index contributed by atoms with van der Waals surface area (Å²) in [6.07, 6.45) is -0.409. The molecular formula is C33H31FN6Na2O11. The number of β-lactam (4-membered cyclic amide) rings is 1. The largest absolute Gasteiger partial charge is 1.00 e. The second-order valence-corrected chi connectivity index (χ2v) is 11.9. The third-order valence-electron chi connectivity index (χ3n) is 9.04. The van der Waals surface area contributed by atoms with Crippen LogP contribution in [0, 0.1) is 5.82 Å². The van der Waals surface area contributed by atoms with Gasteiger partial charge in [0.15, 0.2) is 6.23 Å². The molecule has 0 bridgehead atoms. The summed E-state index contributed by atoms with van der Waals surface area (Å²) in [5.41, 5.74) is -4.48. The van der Waals surface area contributed by atoms with Gasteiger partial charge in [-0.25, -0.2) is 4.39 Å². The summed E-state index contributed by atoms with van der Waals surface area (Å²) in [6, 6.07) is 7.18. The van der Waals surface area contributed by atoms with Gasteiger partial charge >= 0.3 is 59.1 Å². The summed E-state index contributed by atoms with van der Waals surface area (Å²) < 4.78 is 27.8. The fourth-order valence-corrected chi connectivity index (χ4v) is 6.46. The minimum Gasteiger partial charge on any atom is -0.549 e. The molecule has 0 saturated carbocycles. The molecule has 2 saturated heterocycles. The zero-order valence-corrected chi connectivity index (χ0v) is 33.2. The molecule has 53 heavy (non-hydrogen) atoms. The van der Waals surface area contributed by atoms with Crippen molar-refractivity contribution in [3.8, 4) is 5.75 Å². The zero-order chi connectivity index (χ0) is 36.8. The molecule has 1 aromatic heterocycles. The Balaban J connectivity index is 0.00000314. The van der Waals surface area contributed by atoms with Crippen molar-refractivity contribution in [1.82, 2.24) is 25.4 Å². The molecule has 3 aromatic rings. The van der Waals surface area contributed by atoms with Crippen molar-refractivity contribution in [3.05, 3.63) is 81.2 Å². The van der Waals surface area contributed by atoms with Crippen LogP contribution in [0.25, 0.3) is 10.9 Å². The molecule has 0 aliphatic carbocycles. The third-order valence-corrected chi connectivity index (χ3v) is 9.04. The van der Waals surface area contributed by atoms with Gasteiger partial charge < -0.3 is 59.8 Å². The van der Waals surface area contributed by atoms with Crippen molar-refractivity contribution >= 4 is 46.3 Å². The number of halogens is 1. The summed E-state index contributed by atoms with van der Waals surface area (Å²) in [6.45, 7) is 3.73. The van der Waals surface area contributed by atoms with Crippen LogP contribution in [-0.4, -0.2) is 96.1 Å². The molecule has 3 aliphatic rings. The molecule has 3 amide bonds. The van der Waals surface area contributed by atoms with Gasteiger partial charge in [-0.3, -0.25) is 24.1 Å². The quantitative estimate of drug-likeness (QED) is 0.0653. The maximum Gasteiger partial charge on any atom is 1.00 e. The van der Waals surface area contributed by atoms with Crippen molar-refractivity contribution in [1.29, 1.82) is 0 Å². The van der Waals surface area contributed by atoms with Crippen LogP contribution >= 0.6 is 0 Å². The fourth-order valence-electron chi connectivity index (χ4n) is 6.46. The molecule has 0 radical (unpaired) electrons. The van der Waals surface area contributed by atoms with Crippen molar-refractivity contribution < 1.29 is 112 Å². The van der Waals surface area contributed by atoms with Gasteiger partial charge in [0.05, 0.1) is 41.1 Å². The standard InChI is InChI=1S/C33H33FN6O11.2Na/c1-3-38-14-19(26(42)18-12-20(34)23(13-22(18)38)39-10-8-35-9-11-39)27(43)36-21-15-51-32-33(50-2,31(49)40(32)25(21)30(47)48)37-28(44)24(29(45)46)16-4-6-17(41)7-5-16;;/h4-7,12-14,24,32,35,41H,3,8-11,15H2,1-2H3,(H,36,43)(H,37,44)(H,45,46)(H,47,48);;/q;2*+1/p-2/t24?,32-,33?;;/m1../s1. The van der Waals surface area contributed by atoms with Crippen molar-refractivity contribution in [2.45, 2.75) is 31.3 Å². The molecule has 4 heterocycles. The maximum atomic E-state index is 15.3. The van der Waals surface area contributed by atoms with Crippen LogP contribution in [0.4, 0.5) is 10.1 Å². The first kappa shape index (κ1) is 41.9. The number of carbonyl (C=O) groups is 5. The molecular weight excluding hydrogens is 721 g/mol. The molecule has 6 rings (SSSR count). The molecule has 4 N–H and O–H groups in total. The van der Waals surface area contributed by atoms with Gasteiger partial charge in [0.25, 0.3) is 17.5 Å². The Labute approximate surface area is 344 Å². The van der Waals surface area contributed by atoms with Gasteiger partial charge in [-0.2, -0.15) is 0 Å². The number of benzene rings is 2. The molecule has 20 heteroatoms. The van der Waals surface area contributed by atoms with Crippen LogP contribution in [0.3, 0.4) is 0 Å². The minimum absolute atomic E-state index is 0. The number of phenols is 1. The van der Waals surface area contributed by atoms with Gasteiger partial charge in [0.1, 0.15) is 23.0 Å². The minimum atomic E-state index is -2.40. The first-order chi connectivity index (χ1) is 24.3. The number of nitrogens with zero attached hydrogens (tertiary/aromatic N) is 3. The number of aromatic nitrogens is 1. The second-order valence-electron chi connectivity index (χ2n) is 11.9. The summed E-state index contributed by atoms with van der Waals surface area (Å²) in [5, 5.41) is 41.4. The van der Waals surface area contributed by atoms with Gasteiger partial charge in [-0.05, 0) is 36.8 Å². The van der Waals surface area contributed by atoms with Gasteiger partial charge in [0, 0.05) is 51.4 Å². The van der Waals surface area contributed by atoms with Crippen molar-refractivity contribution in [3.63, 3.8) is 0 Å². The Kier molecular flexibility index (Phi) is 13.2. The monoisotopic (exact) mass is 752 g/mol. The molecule has 2 aromatic carbocycles. The number of carboxylic acid groups (broad SMARTS) is 2. The number of phenolic OH excluding ortho intramolecular Hbond substituents is 1. The Morgan fingerprint density at radius 3 is 2.36 bits per heavy atom. The van der Waals surface area contributed by atoms with E-state index in [0.29, 0.717) is 42.3 Å². The van der Waals surface area contributed by atoms with Crippen LogP contribution in [0.1, 0.15) is 28.8 Å². The van der Waals surface area contributed by atoms with Crippen LogP contribution in [0.2, 0.25) is 0 Å². The van der Waals surface area contributed by atoms with Crippen LogP contribution in [0.5, 0.6) is 5.75 Å².